The molecule has 0 unspecified atom stereocenters. The minimum absolute atomic E-state index is 0.393. The molecule has 104 valence electrons. The monoisotopic (exact) mass is 322 g/mol. The van der Waals surface area contributed by atoms with Gasteiger partial charge in [-0.3, -0.25) is 0 Å². The largest absolute Gasteiger partial charge is 0.368 e. The molecule has 3 heteroatoms. The lowest BCUT2D eigenvalue weighted by Gasteiger charge is -2.43. The van der Waals surface area contributed by atoms with E-state index in [0.29, 0.717) is 5.54 Å². The van der Waals surface area contributed by atoms with Crippen molar-refractivity contribution in [1.29, 1.82) is 0 Å². The Morgan fingerprint density at radius 3 is 2.42 bits per heavy atom. The minimum atomic E-state index is 0.393. The fourth-order valence-corrected chi connectivity index (χ4v) is 4.62. The predicted molar refractivity (Wildman–Crippen MR) is 85.0 cm³/mol. The van der Waals surface area contributed by atoms with Gasteiger partial charge in [0.15, 0.2) is 0 Å². The summed E-state index contributed by atoms with van der Waals surface area (Å²) in [5.41, 5.74) is 4.63. The Hall–Kier alpha value is -0.540. The summed E-state index contributed by atoms with van der Waals surface area (Å²) in [6.45, 7) is 7.89. The topological polar surface area (TPSA) is 15.3 Å². The molecular weight excluding hydrogens is 300 g/mol. The lowest BCUT2D eigenvalue weighted by molar-refractivity contribution is 0.303. The molecule has 1 heterocycles. The van der Waals surface area contributed by atoms with Crippen LogP contribution in [0.4, 0.5) is 5.69 Å². The summed E-state index contributed by atoms with van der Waals surface area (Å²) in [6, 6.07) is 4.48. The third kappa shape index (κ3) is 2.55. The van der Waals surface area contributed by atoms with Crippen LogP contribution in [0.25, 0.3) is 0 Å². The Kier molecular flexibility index (Phi) is 3.61. The van der Waals surface area contributed by atoms with Gasteiger partial charge >= 0.3 is 0 Å². The van der Waals surface area contributed by atoms with E-state index in [1.54, 1.807) is 0 Å². The van der Waals surface area contributed by atoms with Crippen molar-refractivity contribution >= 4 is 21.6 Å². The van der Waals surface area contributed by atoms with Gasteiger partial charge in [0.05, 0.1) is 0 Å². The highest BCUT2D eigenvalue weighted by molar-refractivity contribution is 9.10. The maximum absolute atomic E-state index is 3.79. The van der Waals surface area contributed by atoms with Gasteiger partial charge in [0, 0.05) is 35.3 Å². The Labute approximate surface area is 124 Å². The number of benzene rings is 1. The molecule has 1 aromatic carbocycles. The molecule has 0 aromatic heterocycles. The summed E-state index contributed by atoms with van der Waals surface area (Å²) in [6.07, 6.45) is 5.47. The van der Waals surface area contributed by atoms with Gasteiger partial charge in [-0.05, 0) is 49.9 Å². The molecule has 2 fully saturated rings. The fourth-order valence-electron chi connectivity index (χ4n) is 3.94. The van der Waals surface area contributed by atoms with Crippen molar-refractivity contribution in [2.45, 2.75) is 45.1 Å². The summed E-state index contributed by atoms with van der Waals surface area (Å²) >= 11 is 3.60. The highest BCUT2D eigenvalue weighted by Crippen LogP contribution is 2.36. The lowest BCUT2D eigenvalue weighted by Crippen LogP contribution is -2.59. The highest BCUT2D eigenvalue weighted by atomic mass is 79.9. The summed E-state index contributed by atoms with van der Waals surface area (Å²) in [7, 11) is 0. The van der Waals surface area contributed by atoms with E-state index in [1.165, 1.54) is 53.5 Å². The maximum atomic E-state index is 3.79. The molecule has 0 atom stereocenters. The maximum Gasteiger partial charge on any atom is 0.0427 e. The molecule has 2 aliphatic rings. The molecule has 0 radical (unpaired) electrons. The van der Waals surface area contributed by atoms with Crippen LogP contribution >= 0.6 is 15.9 Å². The first-order valence-corrected chi connectivity index (χ1v) is 8.16. The molecule has 0 bridgehead atoms. The molecule has 19 heavy (non-hydrogen) atoms. The number of hydrogen-bond acceptors (Lipinski definition) is 2. The van der Waals surface area contributed by atoms with E-state index < -0.39 is 0 Å². The van der Waals surface area contributed by atoms with Gasteiger partial charge in [0.25, 0.3) is 0 Å². The van der Waals surface area contributed by atoms with Gasteiger partial charge in [-0.2, -0.15) is 0 Å². The van der Waals surface area contributed by atoms with Crippen molar-refractivity contribution in [3.8, 4) is 0 Å². The second-order valence-electron chi connectivity index (χ2n) is 6.22. The Bertz CT molecular complexity index is 455. The predicted octanol–water partition coefficient (Wildman–Crippen LogP) is 3.79. The van der Waals surface area contributed by atoms with Crippen LogP contribution in [0.1, 0.15) is 36.8 Å². The van der Waals surface area contributed by atoms with Crippen LogP contribution in [0.3, 0.4) is 0 Å². The third-order valence-corrected chi connectivity index (χ3v) is 5.17. The molecule has 1 aliphatic heterocycles. The molecule has 1 aromatic rings. The molecule has 1 aliphatic carbocycles. The molecular formula is C16H23BrN2. The van der Waals surface area contributed by atoms with E-state index in [1.807, 2.05) is 0 Å². The van der Waals surface area contributed by atoms with Gasteiger partial charge in [-0.15, -0.1) is 0 Å². The van der Waals surface area contributed by atoms with E-state index in [0.717, 1.165) is 13.1 Å². The van der Waals surface area contributed by atoms with Crippen LogP contribution in [-0.2, 0) is 0 Å². The highest BCUT2D eigenvalue weighted by Gasteiger charge is 2.38. The van der Waals surface area contributed by atoms with Crippen molar-refractivity contribution in [3.63, 3.8) is 0 Å². The second kappa shape index (κ2) is 5.10. The van der Waals surface area contributed by atoms with Crippen LogP contribution in [-0.4, -0.2) is 25.2 Å². The van der Waals surface area contributed by atoms with Crippen LogP contribution in [0.15, 0.2) is 16.6 Å². The molecule has 2 nitrogen and oxygen atoms in total. The van der Waals surface area contributed by atoms with Crippen molar-refractivity contribution in [3.05, 3.63) is 27.7 Å². The SMILES string of the molecule is Cc1cc(Br)cc(C)c1N1CCNC2(CCCC2)C1. The Morgan fingerprint density at radius 2 is 1.79 bits per heavy atom. The van der Waals surface area contributed by atoms with Gasteiger partial charge < -0.3 is 10.2 Å². The molecule has 1 spiro atoms. The fraction of sp³-hybridized carbons (Fsp3) is 0.625. The third-order valence-electron chi connectivity index (χ3n) is 4.71. The standard InChI is InChI=1S/C16H23BrN2/c1-12-9-14(17)10-13(2)15(12)19-8-7-18-16(11-19)5-3-4-6-16/h9-10,18H,3-8,11H2,1-2H3. The first-order valence-electron chi connectivity index (χ1n) is 7.36. The van der Waals surface area contributed by atoms with Crippen molar-refractivity contribution in [2.75, 3.05) is 24.5 Å². The van der Waals surface area contributed by atoms with Gasteiger partial charge in [-0.1, -0.05) is 28.8 Å². The molecule has 1 saturated carbocycles. The van der Waals surface area contributed by atoms with Gasteiger partial charge in [0.2, 0.25) is 0 Å². The molecule has 1 N–H and O–H groups in total. The minimum Gasteiger partial charge on any atom is -0.368 e. The van der Waals surface area contributed by atoms with Crippen molar-refractivity contribution in [1.82, 2.24) is 5.32 Å². The normalized spacial score (nSPS) is 22.2. The summed E-state index contributed by atoms with van der Waals surface area (Å²) in [5.74, 6) is 0. The zero-order valence-corrected chi connectivity index (χ0v) is 13.5. The number of anilines is 1. The van der Waals surface area contributed by atoms with E-state index in [-0.39, 0.29) is 0 Å². The van der Waals surface area contributed by atoms with Crippen LogP contribution in [0.2, 0.25) is 0 Å². The smallest absolute Gasteiger partial charge is 0.0427 e. The van der Waals surface area contributed by atoms with E-state index in [2.05, 4.69) is 52.1 Å². The average molecular weight is 323 g/mol. The Morgan fingerprint density at radius 1 is 1.16 bits per heavy atom. The number of halogens is 1. The van der Waals surface area contributed by atoms with Gasteiger partial charge in [0.1, 0.15) is 0 Å². The first kappa shape index (κ1) is 13.4. The number of nitrogens with one attached hydrogen (secondary N) is 1. The zero-order valence-electron chi connectivity index (χ0n) is 11.9. The average Bonchev–Trinajstić information content (AvgIpc) is 2.76. The first-order chi connectivity index (χ1) is 9.10. The zero-order chi connectivity index (χ0) is 13.5. The molecule has 1 saturated heterocycles. The van der Waals surface area contributed by atoms with Crippen LogP contribution in [0, 0.1) is 13.8 Å². The summed E-state index contributed by atoms with van der Waals surface area (Å²) < 4.78 is 1.19. The number of rotatable bonds is 1. The van der Waals surface area contributed by atoms with Gasteiger partial charge in [-0.25, -0.2) is 0 Å². The molecule has 0 amide bonds. The summed E-state index contributed by atoms with van der Waals surface area (Å²) in [5, 5.41) is 3.79. The van der Waals surface area contributed by atoms with E-state index >= 15 is 0 Å². The quantitative estimate of drug-likeness (QED) is 0.846. The summed E-state index contributed by atoms with van der Waals surface area (Å²) in [4.78, 5) is 2.61. The second-order valence-corrected chi connectivity index (χ2v) is 7.14. The van der Waals surface area contributed by atoms with E-state index in [9.17, 15) is 0 Å². The van der Waals surface area contributed by atoms with Crippen molar-refractivity contribution < 1.29 is 0 Å². The number of nitrogens with zero attached hydrogens (tertiary/aromatic N) is 1. The number of aryl methyl sites for hydroxylation is 2. The Balaban J connectivity index is 1.90. The van der Waals surface area contributed by atoms with Crippen molar-refractivity contribution in [2.24, 2.45) is 0 Å². The lowest BCUT2D eigenvalue weighted by atomic mass is 9.93. The van der Waals surface area contributed by atoms with Crippen LogP contribution in [0.5, 0.6) is 0 Å². The molecule has 3 rings (SSSR count). The number of hydrogen-bond donors (Lipinski definition) is 1. The number of piperazine rings is 1. The van der Waals surface area contributed by atoms with E-state index in [4.69, 9.17) is 0 Å². The van der Waals surface area contributed by atoms with Crippen LogP contribution < -0.4 is 10.2 Å².